The topological polar surface area (TPSA) is 38.1 Å². The van der Waals surface area contributed by atoms with Crippen molar-refractivity contribution in [3.63, 3.8) is 0 Å². The summed E-state index contributed by atoms with van der Waals surface area (Å²) >= 11 is 1.52. The number of hydrogen-bond donors (Lipinski definition) is 0. The molecule has 1 aromatic heterocycles. The lowest BCUT2D eigenvalue weighted by atomic mass is 10.2. The van der Waals surface area contributed by atoms with Crippen molar-refractivity contribution < 1.29 is 0 Å². The highest BCUT2D eigenvalue weighted by Gasteiger charge is 2.14. The van der Waals surface area contributed by atoms with E-state index in [1.807, 2.05) is 66.8 Å². The summed E-state index contributed by atoms with van der Waals surface area (Å²) in [5.41, 5.74) is 2.68. The third kappa shape index (κ3) is 4.87. The zero-order chi connectivity index (χ0) is 20.6. The van der Waals surface area contributed by atoms with Crippen molar-refractivity contribution in [3.8, 4) is 0 Å². The highest BCUT2D eigenvalue weighted by molar-refractivity contribution is 7.99. The van der Waals surface area contributed by atoms with Crippen LogP contribution in [0, 0.1) is 0 Å². The van der Waals surface area contributed by atoms with Crippen LogP contribution in [0.25, 0.3) is 10.9 Å². The maximum atomic E-state index is 13.4. The fourth-order valence-corrected chi connectivity index (χ4v) is 3.86. The van der Waals surface area contributed by atoms with Gasteiger partial charge in [0.15, 0.2) is 5.16 Å². The third-order valence-electron chi connectivity index (χ3n) is 4.48. The number of hydrogen-bond acceptors (Lipinski definition) is 4. The molecule has 4 nitrogen and oxygen atoms in total. The SMILES string of the molecule is C=CCSc1nc2ccc(N(CC=C)CC=C)cc2c(=O)n1Cc1ccccc1. The molecule has 3 aromatic rings. The Morgan fingerprint density at radius 2 is 1.72 bits per heavy atom. The number of aromatic nitrogens is 2. The molecule has 0 saturated carbocycles. The van der Waals surface area contributed by atoms with Gasteiger partial charge in [0, 0.05) is 24.5 Å². The van der Waals surface area contributed by atoms with Gasteiger partial charge in [-0.05, 0) is 23.8 Å². The summed E-state index contributed by atoms with van der Waals surface area (Å²) < 4.78 is 1.75. The smallest absolute Gasteiger partial charge is 0.262 e. The van der Waals surface area contributed by atoms with Crippen molar-refractivity contribution in [1.29, 1.82) is 0 Å². The molecule has 0 atom stereocenters. The Morgan fingerprint density at radius 3 is 2.38 bits per heavy atom. The van der Waals surface area contributed by atoms with E-state index in [0.29, 0.717) is 41.4 Å². The molecule has 0 unspecified atom stereocenters. The van der Waals surface area contributed by atoms with Crippen molar-refractivity contribution in [1.82, 2.24) is 9.55 Å². The van der Waals surface area contributed by atoms with E-state index in [1.54, 1.807) is 4.57 Å². The summed E-state index contributed by atoms with van der Waals surface area (Å²) in [6.07, 6.45) is 5.50. The molecule has 0 aliphatic carbocycles. The standard InChI is InChI=1S/C24H25N3OS/c1-4-14-26(15-5-2)20-12-13-22-21(17-20)23(28)27(24(25-22)29-16-6-3)18-19-10-8-7-9-11-19/h4-13,17H,1-3,14-16,18H2. The number of rotatable bonds is 10. The Morgan fingerprint density at radius 1 is 1.00 bits per heavy atom. The number of benzene rings is 2. The minimum absolute atomic E-state index is 0.0376. The second-order valence-electron chi connectivity index (χ2n) is 6.55. The van der Waals surface area contributed by atoms with Crippen LogP contribution in [0.15, 0.2) is 96.4 Å². The minimum Gasteiger partial charge on any atom is -0.364 e. The maximum absolute atomic E-state index is 13.4. The molecular formula is C24H25N3OS. The van der Waals surface area contributed by atoms with E-state index >= 15 is 0 Å². The molecule has 5 heteroatoms. The fourth-order valence-electron chi connectivity index (χ4n) is 3.13. The lowest BCUT2D eigenvalue weighted by Crippen LogP contribution is -2.26. The fraction of sp³-hybridized carbons (Fsp3) is 0.167. The first kappa shape index (κ1) is 20.7. The van der Waals surface area contributed by atoms with E-state index in [4.69, 9.17) is 4.98 Å². The number of nitrogens with zero attached hydrogens (tertiary/aromatic N) is 3. The minimum atomic E-state index is -0.0376. The van der Waals surface area contributed by atoms with Crippen LogP contribution in [0.4, 0.5) is 5.69 Å². The molecule has 0 spiro atoms. The third-order valence-corrected chi connectivity index (χ3v) is 5.45. The van der Waals surface area contributed by atoms with E-state index < -0.39 is 0 Å². The quantitative estimate of drug-likeness (QED) is 0.274. The number of fused-ring (bicyclic) bond motifs is 1. The van der Waals surface area contributed by atoms with Crippen LogP contribution in [0.5, 0.6) is 0 Å². The van der Waals surface area contributed by atoms with Crippen LogP contribution >= 0.6 is 11.8 Å². The molecule has 0 bridgehead atoms. The van der Waals surface area contributed by atoms with Crippen molar-refractivity contribution in [3.05, 3.63) is 102 Å². The molecule has 0 N–H and O–H groups in total. The molecule has 0 aliphatic rings. The lowest BCUT2D eigenvalue weighted by Gasteiger charge is -2.22. The first-order chi connectivity index (χ1) is 14.2. The normalized spacial score (nSPS) is 10.6. The Balaban J connectivity index is 2.13. The van der Waals surface area contributed by atoms with E-state index in [9.17, 15) is 4.79 Å². The van der Waals surface area contributed by atoms with E-state index in [2.05, 4.69) is 24.6 Å². The van der Waals surface area contributed by atoms with Crippen LogP contribution in [-0.4, -0.2) is 28.4 Å². The van der Waals surface area contributed by atoms with Gasteiger partial charge in [0.1, 0.15) is 0 Å². The monoisotopic (exact) mass is 403 g/mol. The average Bonchev–Trinajstić information content (AvgIpc) is 2.75. The predicted octanol–water partition coefficient (Wildman–Crippen LogP) is 4.90. The molecule has 0 aliphatic heterocycles. The summed E-state index contributed by atoms with van der Waals surface area (Å²) in [6.45, 7) is 13.3. The largest absolute Gasteiger partial charge is 0.364 e. The molecule has 0 fully saturated rings. The number of thioether (sulfide) groups is 1. The first-order valence-electron chi connectivity index (χ1n) is 9.47. The van der Waals surface area contributed by atoms with Crippen molar-refractivity contribution in [2.45, 2.75) is 11.7 Å². The van der Waals surface area contributed by atoms with Gasteiger partial charge in [0.2, 0.25) is 0 Å². The summed E-state index contributed by atoms with van der Waals surface area (Å²) in [7, 11) is 0. The maximum Gasteiger partial charge on any atom is 0.262 e. The van der Waals surface area contributed by atoms with Crippen LogP contribution in [0.3, 0.4) is 0 Å². The lowest BCUT2D eigenvalue weighted by molar-refractivity contribution is 0.658. The summed E-state index contributed by atoms with van der Waals surface area (Å²) in [6, 6.07) is 15.8. The van der Waals surface area contributed by atoms with Gasteiger partial charge in [-0.25, -0.2) is 4.98 Å². The molecular weight excluding hydrogens is 378 g/mol. The van der Waals surface area contributed by atoms with Gasteiger partial charge in [0.25, 0.3) is 5.56 Å². The van der Waals surface area contributed by atoms with Gasteiger partial charge in [0.05, 0.1) is 17.4 Å². The van der Waals surface area contributed by atoms with E-state index in [1.165, 1.54) is 11.8 Å². The van der Waals surface area contributed by atoms with Crippen LogP contribution in [0.1, 0.15) is 5.56 Å². The molecule has 148 valence electrons. The van der Waals surface area contributed by atoms with Gasteiger partial charge in [-0.2, -0.15) is 0 Å². The highest BCUT2D eigenvalue weighted by Crippen LogP contribution is 2.23. The number of anilines is 1. The molecule has 29 heavy (non-hydrogen) atoms. The predicted molar refractivity (Wildman–Crippen MR) is 125 cm³/mol. The molecule has 0 saturated heterocycles. The second-order valence-corrected chi connectivity index (χ2v) is 7.54. The first-order valence-corrected chi connectivity index (χ1v) is 10.5. The Labute approximate surface area is 175 Å². The van der Waals surface area contributed by atoms with Gasteiger partial charge < -0.3 is 4.90 Å². The average molecular weight is 404 g/mol. The van der Waals surface area contributed by atoms with Crippen LogP contribution in [-0.2, 0) is 6.54 Å². The zero-order valence-electron chi connectivity index (χ0n) is 16.5. The molecule has 0 radical (unpaired) electrons. The molecule has 3 rings (SSSR count). The Kier molecular flexibility index (Phi) is 7.09. The van der Waals surface area contributed by atoms with Gasteiger partial charge in [-0.15, -0.1) is 19.7 Å². The van der Waals surface area contributed by atoms with E-state index in [-0.39, 0.29) is 5.56 Å². The Hall–Kier alpha value is -3.05. The van der Waals surface area contributed by atoms with Crippen LogP contribution < -0.4 is 10.5 Å². The Bertz CT molecular complexity index is 1060. The van der Waals surface area contributed by atoms with Crippen molar-refractivity contribution in [2.75, 3.05) is 23.7 Å². The zero-order valence-corrected chi connectivity index (χ0v) is 17.3. The summed E-state index contributed by atoms with van der Waals surface area (Å²) in [4.78, 5) is 20.3. The molecule has 2 aromatic carbocycles. The summed E-state index contributed by atoms with van der Waals surface area (Å²) in [5, 5.41) is 1.31. The molecule has 1 heterocycles. The van der Waals surface area contributed by atoms with Gasteiger partial charge >= 0.3 is 0 Å². The van der Waals surface area contributed by atoms with Crippen molar-refractivity contribution in [2.24, 2.45) is 0 Å². The second kappa shape index (κ2) is 9.94. The van der Waals surface area contributed by atoms with Crippen LogP contribution in [0.2, 0.25) is 0 Å². The van der Waals surface area contributed by atoms with Gasteiger partial charge in [-0.3, -0.25) is 9.36 Å². The summed E-state index contributed by atoms with van der Waals surface area (Å²) in [5.74, 6) is 0.692. The van der Waals surface area contributed by atoms with E-state index in [0.717, 1.165) is 11.3 Å². The van der Waals surface area contributed by atoms with Crippen molar-refractivity contribution >= 4 is 28.4 Å². The molecule has 0 amide bonds. The highest BCUT2D eigenvalue weighted by atomic mass is 32.2. The van der Waals surface area contributed by atoms with Gasteiger partial charge in [-0.1, -0.05) is 60.3 Å².